The maximum atomic E-state index is 11.7. The van der Waals surface area contributed by atoms with Crippen LogP contribution in [0, 0.1) is 0 Å². The molecule has 1 saturated heterocycles. The van der Waals surface area contributed by atoms with Gasteiger partial charge in [0.05, 0.1) is 12.7 Å². The Morgan fingerprint density at radius 3 is 2.62 bits per heavy atom. The van der Waals surface area contributed by atoms with Gasteiger partial charge in [-0.3, -0.25) is 9.79 Å². The third kappa shape index (κ3) is 10.8. The van der Waals surface area contributed by atoms with Crippen molar-refractivity contribution >= 4 is 35.8 Å². The highest BCUT2D eigenvalue weighted by Crippen LogP contribution is 2.18. The standard InChI is InChI=1S/C23H36N4O4.HI/c1-24-23(25-12-3-14-29-16-21-4-2-15-30-21)26-13-11-18-5-9-20(10-6-18)31-17-22(28)27-19-7-8-19;/h5-6,9-10,19,21H,2-4,7-8,11-17H2,1H3,(H,27,28)(H2,24,25,26);1H. The van der Waals surface area contributed by atoms with Gasteiger partial charge < -0.3 is 30.2 Å². The molecular weight excluding hydrogens is 523 g/mol. The molecule has 1 aromatic rings. The summed E-state index contributed by atoms with van der Waals surface area (Å²) in [6.07, 6.45) is 6.51. The number of nitrogens with zero attached hydrogens (tertiary/aromatic N) is 1. The van der Waals surface area contributed by atoms with E-state index in [4.69, 9.17) is 14.2 Å². The summed E-state index contributed by atoms with van der Waals surface area (Å²) in [6, 6.07) is 8.23. The van der Waals surface area contributed by atoms with Crippen LogP contribution < -0.4 is 20.7 Å². The van der Waals surface area contributed by atoms with Gasteiger partial charge in [-0.1, -0.05) is 12.1 Å². The Bertz CT molecular complexity index is 692. The first-order valence-electron chi connectivity index (χ1n) is 11.4. The monoisotopic (exact) mass is 560 g/mol. The van der Waals surface area contributed by atoms with E-state index in [0.717, 1.165) is 70.8 Å². The van der Waals surface area contributed by atoms with Gasteiger partial charge in [0, 0.05) is 39.4 Å². The van der Waals surface area contributed by atoms with Crippen LogP contribution in [0.1, 0.15) is 37.7 Å². The van der Waals surface area contributed by atoms with E-state index in [0.29, 0.717) is 18.4 Å². The molecule has 32 heavy (non-hydrogen) atoms. The van der Waals surface area contributed by atoms with Crippen LogP contribution in [0.4, 0.5) is 0 Å². The van der Waals surface area contributed by atoms with Crippen molar-refractivity contribution in [2.24, 2.45) is 4.99 Å². The van der Waals surface area contributed by atoms with Crippen molar-refractivity contribution in [3.8, 4) is 5.75 Å². The molecule has 1 saturated carbocycles. The number of amides is 1. The molecule has 1 aromatic carbocycles. The first-order valence-corrected chi connectivity index (χ1v) is 11.4. The largest absolute Gasteiger partial charge is 0.484 e. The minimum atomic E-state index is -0.0518. The van der Waals surface area contributed by atoms with Crippen molar-refractivity contribution in [2.75, 3.05) is 46.6 Å². The number of guanidine groups is 1. The number of hydrogen-bond acceptors (Lipinski definition) is 5. The number of carbonyl (C=O) groups excluding carboxylic acids is 1. The van der Waals surface area contributed by atoms with Crippen molar-refractivity contribution in [3.63, 3.8) is 0 Å². The van der Waals surface area contributed by atoms with Crippen LogP contribution in [-0.4, -0.2) is 70.6 Å². The number of ether oxygens (including phenoxy) is 3. The molecule has 0 radical (unpaired) electrons. The van der Waals surface area contributed by atoms with Crippen molar-refractivity contribution in [3.05, 3.63) is 29.8 Å². The zero-order chi connectivity index (χ0) is 21.7. The maximum absolute atomic E-state index is 11.7. The second-order valence-electron chi connectivity index (χ2n) is 8.01. The molecule has 0 bridgehead atoms. The molecule has 9 heteroatoms. The van der Waals surface area contributed by atoms with Crippen molar-refractivity contribution < 1.29 is 19.0 Å². The molecule has 1 aliphatic heterocycles. The molecule has 0 aromatic heterocycles. The van der Waals surface area contributed by atoms with E-state index < -0.39 is 0 Å². The minimum Gasteiger partial charge on any atom is -0.484 e. The van der Waals surface area contributed by atoms with Gasteiger partial charge in [0.2, 0.25) is 0 Å². The van der Waals surface area contributed by atoms with E-state index in [-0.39, 0.29) is 42.6 Å². The van der Waals surface area contributed by atoms with E-state index in [1.54, 1.807) is 7.05 Å². The lowest BCUT2D eigenvalue weighted by Gasteiger charge is -2.13. The van der Waals surface area contributed by atoms with Crippen LogP contribution in [0.2, 0.25) is 0 Å². The fraction of sp³-hybridized carbons (Fsp3) is 0.652. The van der Waals surface area contributed by atoms with E-state index in [2.05, 4.69) is 20.9 Å². The topological polar surface area (TPSA) is 93.2 Å². The van der Waals surface area contributed by atoms with Gasteiger partial charge in [-0.05, 0) is 56.2 Å². The number of benzene rings is 1. The summed E-state index contributed by atoms with van der Waals surface area (Å²) in [5.74, 6) is 1.45. The number of rotatable bonds is 13. The Morgan fingerprint density at radius 2 is 1.94 bits per heavy atom. The predicted molar refractivity (Wildman–Crippen MR) is 136 cm³/mol. The van der Waals surface area contributed by atoms with Gasteiger partial charge in [0.1, 0.15) is 5.75 Å². The molecule has 1 aliphatic carbocycles. The second-order valence-corrected chi connectivity index (χ2v) is 8.01. The average Bonchev–Trinajstić information content (AvgIpc) is 3.44. The zero-order valence-corrected chi connectivity index (χ0v) is 21.3. The number of nitrogens with one attached hydrogen (secondary N) is 3. The molecule has 0 spiro atoms. The highest BCUT2D eigenvalue weighted by molar-refractivity contribution is 14.0. The Balaban J connectivity index is 0.00000363. The molecule has 1 atom stereocenters. The van der Waals surface area contributed by atoms with Gasteiger partial charge in [-0.15, -0.1) is 24.0 Å². The number of halogens is 1. The highest BCUT2D eigenvalue weighted by atomic mass is 127. The predicted octanol–water partition coefficient (Wildman–Crippen LogP) is 2.26. The fourth-order valence-corrected chi connectivity index (χ4v) is 3.32. The second kappa shape index (κ2) is 15.3. The summed E-state index contributed by atoms with van der Waals surface area (Å²) in [6.45, 7) is 3.95. The molecule has 1 unspecified atom stereocenters. The summed E-state index contributed by atoms with van der Waals surface area (Å²) in [7, 11) is 1.77. The van der Waals surface area contributed by atoms with Gasteiger partial charge in [-0.25, -0.2) is 0 Å². The Morgan fingerprint density at radius 1 is 1.16 bits per heavy atom. The molecule has 180 valence electrons. The van der Waals surface area contributed by atoms with Gasteiger partial charge >= 0.3 is 0 Å². The third-order valence-electron chi connectivity index (χ3n) is 5.25. The maximum Gasteiger partial charge on any atom is 0.258 e. The van der Waals surface area contributed by atoms with Crippen LogP contribution in [0.15, 0.2) is 29.3 Å². The molecule has 8 nitrogen and oxygen atoms in total. The quantitative estimate of drug-likeness (QED) is 0.148. The van der Waals surface area contributed by atoms with E-state index in [1.807, 2.05) is 24.3 Å². The first kappa shape index (κ1) is 26.7. The van der Waals surface area contributed by atoms with Crippen molar-refractivity contribution in [1.29, 1.82) is 0 Å². The Labute approximate surface area is 208 Å². The average molecular weight is 560 g/mol. The minimum absolute atomic E-state index is 0. The van der Waals surface area contributed by atoms with Gasteiger partial charge in [-0.2, -0.15) is 0 Å². The lowest BCUT2D eigenvalue weighted by Crippen LogP contribution is -2.39. The molecule has 2 aliphatic rings. The van der Waals surface area contributed by atoms with Crippen molar-refractivity contribution in [1.82, 2.24) is 16.0 Å². The summed E-state index contributed by atoms with van der Waals surface area (Å²) < 4.78 is 16.8. The van der Waals surface area contributed by atoms with Crippen LogP contribution >= 0.6 is 24.0 Å². The highest BCUT2D eigenvalue weighted by Gasteiger charge is 2.23. The number of aliphatic imine (C=N–C) groups is 1. The molecule has 1 amide bonds. The molecule has 3 N–H and O–H groups in total. The Hall–Kier alpha value is -1.59. The Kier molecular flexibility index (Phi) is 12.7. The molecule has 3 rings (SSSR count). The number of carbonyl (C=O) groups is 1. The van der Waals surface area contributed by atoms with Crippen LogP contribution in [0.5, 0.6) is 5.75 Å². The van der Waals surface area contributed by atoms with Gasteiger partial charge in [0.25, 0.3) is 5.91 Å². The fourth-order valence-electron chi connectivity index (χ4n) is 3.32. The van der Waals surface area contributed by atoms with E-state index in [1.165, 1.54) is 5.56 Å². The number of hydrogen-bond donors (Lipinski definition) is 3. The molecule has 1 heterocycles. The van der Waals surface area contributed by atoms with E-state index >= 15 is 0 Å². The summed E-state index contributed by atoms with van der Waals surface area (Å²) in [5, 5.41) is 9.55. The smallest absolute Gasteiger partial charge is 0.258 e. The SMILES string of the molecule is CN=C(NCCCOCC1CCCO1)NCCc1ccc(OCC(=O)NC2CC2)cc1.I. The van der Waals surface area contributed by atoms with Crippen molar-refractivity contribution in [2.45, 2.75) is 50.7 Å². The summed E-state index contributed by atoms with van der Waals surface area (Å²) in [5.41, 5.74) is 1.19. The summed E-state index contributed by atoms with van der Waals surface area (Å²) in [4.78, 5) is 15.9. The lowest BCUT2D eigenvalue weighted by atomic mass is 10.1. The van der Waals surface area contributed by atoms with Crippen LogP contribution in [-0.2, 0) is 20.7 Å². The first-order chi connectivity index (χ1) is 15.2. The third-order valence-corrected chi connectivity index (χ3v) is 5.25. The van der Waals surface area contributed by atoms with Crippen LogP contribution in [0.3, 0.4) is 0 Å². The summed E-state index contributed by atoms with van der Waals surface area (Å²) >= 11 is 0. The van der Waals surface area contributed by atoms with Gasteiger partial charge in [0.15, 0.2) is 12.6 Å². The van der Waals surface area contributed by atoms with Crippen LogP contribution in [0.25, 0.3) is 0 Å². The molecular formula is C23H37IN4O4. The van der Waals surface area contributed by atoms with E-state index in [9.17, 15) is 4.79 Å². The zero-order valence-electron chi connectivity index (χ0n) is 18.9. The normalized spacial score (nSPS) is 18.0. The lowest BCUT2D eigenvalue weighted by molar-refractivity contribution is -0.123. The molecule has 2 fully saturated rings.